The zero-order valence-corrected chi connectivity index (χ0v) is 15.6. The molecule has 1 aliphatic rings. The van der Waals surface area contributed by atoms with Gasteiger partial charge in [-0.2, -0.15) is 5.10 Å². The molecular weight excluding hydrogens is 344 g/mol. The molecular formula is C20H22N4OS. The van der Waals surface area contributed by atoms with Gasteiger partial charge < -0.3 is 5.32 Å². The number of hydrogen-bond donors (Lipinski definition) is 2. The Labute approximate surface area is 157 Å². The predicted molar refractivity (Wildman–Crippen MR) is 104 cm³/mol. The molecule has 2 N–H and O–H groups in total. The maximum absolute atomic E-state index is 12.7. The molecule has 0 bridgehead atoms. The first-order valence-corrected chi connectivity index (χ1v) is 9.75. The third kappa shape index (κ3) is 3.43. The van der Waals surface area contributed by atoms with E-state index in [1.807, 2.05) is 18.4 Å². The summed E-state index contributed by atoms with van der Waals surface area (Å²) in [4.78, 5) is 16.0. The topological polar surface area (TPSA) is 61.0 Å². The number of nitrogens with one attached hydrogen (secondary N) is 2. The molecule has 0 unspecified atom stereocenters. The zero-order valence-electron chi connectivity index (χ0n) is 14.7. The minimum atomic E-state index is -0.152. The van der Waals surface area contributed by atoms with E-state index in [0.717, 1.165) is 35.6 Å². The zero-order chi connectivity index (χ0) is 17.9. The molecule has 2 aromatic heterocycles. The van der Waals surface area contributed by atoms with Crippen molar-refractivity contribution in [3.05, 3.63) is 64.7 Å². The normalized spacial score (nSPS) is 15.4. The number of benzene rings is 1. The van der Waals surface area contributed by atoms with Crippen LogP contribution >= 0.6 is 11.3 Å². The molecule has 1 aromatic carbocycles. The van der Waals surface area contributed by atoms with Gasteiger partial charge in [0.1, 0.15) is 0 Å². The summed E-state index contributed by atoms with van der Waals surface area (Å²) in [6, 6.07) is 12.4. The van der Waals surface area contributed by atoms with Crippen molar-refractivity contribution in [2.75, 3.05) is 6.54 Å². The smallest absolute Gasteiger partial charge is 0.237 e. The molecule has 3 heterocycles. The molecule has 1 atom stereocenters. The van der Waals surface area contributed by atoms with Gasteiger partial charge in [0.2, 0.25) is 5.91 Å². The summed E-state index contributed by atoms with van der Waals surface area (Å²) < 4.78 is 0. The molecule has 134 valence electrons. The highest BCUT2D eigenvalue weighted by Gasteiger charge is 2.25. The van der Waals surface area contributed by atoms with Gasteiger partial charge in [-0.3, -0.25) is 14.8 Å². The highest BCUT2D eigenvalue weighted by Crippen LogP contribution is 2.26. The lowest BCUT2D eigenvalue weighted by Crippen LogP contribution is -2.46. The molecule has 3 aromatic rings. The molecule has 0 saturated carbocycles. The van der Waals surface area contributed by atoms with Crippen molar-refractivity contribution in [1.29, 1.82) is 0 Å². The minimum absolute atomic E-state index is 0.0581. The van der Waals surface area contributed by atoms with Crippen LogP contribution in [0.4, 0.5) is 0 Å². The Morgan fingerprint density at radius 1 is 1.31 bits per heavy atom. The summed E-state index contributed by atoms with van der Waals surface area (Å²) in [6.07, 6.45) is 2.79. The number of aromatic nitrogens is 2. The Balaban J connectivity index is 1.38. The van der Waals surface area contributed by atoms with Gasteiger partial charge >= 0.3 is 0 Å². The summed E-state index contributed by atoms with van der Waals surface area (Å²) in [5.41, 5.74) is 4.72. The first-order chi connectivity index (χ1) is 12.7. The number of carbonyl (C=O) groups is 1. The Hall–Kier alpha value is -2.44. The van der Waals surface area contributed by atoms with Gasteiger partial charge in [-0.05, 0) is 35.9 Å². The SMILES string of the molecule is C[C@H](C(=O)NCc1cn[nH]c1-c1cccs1)N1CCc2ccccc2C1. The molecule has 0 spiro atoms. The molecule has 0 aliphatic carbocycles. The molecule has 4 rings (SSSR count). The van der Waals surface area contributed by atoms with E-state index < -0.39 is 0 Å². The summed E-state index contributed by atoms with van der Waals surface area (Å²) in [6.45, 7) is 4.21. The lowest BCUT2D eigenvalue weighted by atomic mass is 9.99. The van der Waals surface area contributed by atoms with Gasteiger partial charge in [0.05, 0.1) is 22.8 Å². The minimum Gasteiger partial charge on any atom is -0.351 e. The fourth-order valence-electron chi connectivity index (χ4n) is 3.42. The number of amides is 1. The summed E-state index contributed by atoms with van der Waals surface area (Å²) in [5.74, 6) is 0.0581. The fourth-order valence-corrected chi connectivity index (χ4v) is 4.18. The first-order valence-electron chi connectivity index (χ1n) is 8.87. The lowest BCUT2D eigenvalue weighted by molar-refractivity contribution is -0.126. The molecule has 0 saturated heterocycles. The first kappa shape index (κ1) is 17.0. The second kappa shape index (κ2) is 7.43. The van der Waals surface area contributed by atoms with Crippen LogP contribution in [-0.2, 0) is 24.3 Å². The number of rotatable bonds is 5. The van der Waals surface area contributed by atoms with Crippen molar-refractivity contribution < 1.29 is 4.79 Å². The second-order valence-electron chi connectivity index (χ2n) is 6.63. The lowest BCUT2D eigenvalue weighted by Gasteiger charge is -2.32. The number of H-pyrrole nitrogens is 1. The second-order valence-corrected chi connectivity index (χ2v) is 7.58. The van der Waals surface area contributed by atoms with E-state index >= 15 is 0 Å². The maximum Gasteiger partial charge on any atom is 0.237 e. The maximum atomic E-state index is 12.7. The van der Waals surface area contributed by atoms with Gasteiger partial charge in [-0.1, -0.05) is 30.3 Å². The third-order valence-electron chi connectivity index (χ3n) is 5.03. The van der Waals surface area contributed by atoms with Crippen LogP contribution in [0.1, 0.15) is 23.6 Å². The van der Waals surface area contributed by atoms with Crippen LogP contribution in [0.15, 0.2) is 48.0 Å². The van der Waals surface area contributed by atoms with Crippen LogP contribution in [0.3, 0.4) is 0 Å². The summed E-state index contributed by atoms with van der Waals surface area (Å²) >= 11 is 1.66. The molecule has 6 heteroatoms. The van der Waals surface area contributed by atoms with E-state index in [-0.39, 0.29) is 11.9 Å². The Morgan fingerprint density at radius 3 is 2.96 bits per heavy atom. The van der Waals surface area contributed by atoms with Crippen LogP contribution < -0.4 is 5.32 Å². The van der Waals surface area contributed by atoms with Gasteiger partial charge in [0.25, 0.3) is 0 Å². The van der Waals surface area contributed by atoms with Crippen molar-refractivity contribution in [2.24, 2.45) is 0 Å². The average Bonchev–Trinajstić information content (AvgIpc) is 3.36. The Kier molecular flexibility index (Phi) is 4.86. The Bertz CT molecular complexity index is 887. The molecule has 1 amide bonds. The summed E-state index contributed by atoms with van der Waals surface area (Å²) in [5, 5.41) is 12.3. The van der Waals surface area contributed by atoms with Crippen LogP contribution in [0, 0.1) is 0 Å². The van der Waals surface area contributed by atoms with Crippen molar-refractivity contribution in [3.8, 4) is 10.6 Å². The standard InChI is InChI=1S/C20H22N4OS/c1-14(24-9-8-15-5-2-3-6-16(15)13-24)20(25)21-11-17-12-22-23-19(17)18-7-4-10-26-18/h2-7,10,12,14H,8-9,11,13H2,1H3,(H,21,25)(H,22,23)/t14-/m1/s1. The molecule has 5 nitrogen and oxygen atoms in total. The number of hydrogen-bond acceptors (Lipinski definition) is 4. The van der Waals surface area contributed by atoms with E-state index in [2.05, 4.69) is 50.7 Å². The third-order valence-corrected chi connectivity index (χ3v) is 5.91. The van der Waals surface area contributed by atoms with E-state index in [9.17, 15) is 4.79 Å². The van der Waals surface area contributed by atoms with Gasteiger partial charge in [-0.25, -0.2) is 0 Å². The average molecular weight is 366 g/mol. The predicted octanol–water partition coefficient (Wildman–Crippen LogP) is 3.20. The number of aromatic amines is 1. The van der Waals surface area contributed by atoms with Crippen LogP contribution in [-0.4, -0.2) is 33.6 Å². The summed E-state index contributed by atoms with van der Waals surface area (Å²) in [7, 11) is 0. The van der Waals surface area contributed by atoms with Crippen LogP contribution in [0.25, 0.3) is 10.6 Å². The van der Waals surface area contributed by atoms with Gasteiger partial charge in [0.15, 0.2) is 0 Å². The van der Waals surface area contributed by atoms with Crippen molar-refractivity contribution >= 4 is 17.2 Å². The molecule has 26 heavy (non-hydrogen) atoms. The quantitative estimate of drug-likeness (QED) is 0.729. The van der Waals surface area contributed by atoms with Crippen molar-refractivity contribution in [1.82, 2.24) is 20.4 Å². The van der Waals surface area contributed by atoms with Crippen LogP contribution in [0.2, 0.25) is 0 Å². The fraction of sp³-hybridized carbons (Fsp3) is 0.300. The van der Waals surface area contributed by atoms with Crippen LogP contribution in [0.5, 0.6) is 0 Å². The van der Waals surface area contributed by atoms with Crippen molar-refractivity contribution in [2.45, 2.75) is 32.5 Å². The number of carbonyl (C=O) groups excluding carboxylic acids is 1. The molecule has 1 aliphatic heterocycles. The van der Waals surface area contributed by atoms with Gasteiger partial charge in [0, 0.05) is 25.2 Å². The van der Waals surface area contributed by atoms with E-state index in [1.54, 1.807) is 17.5 Å². The molecule has 0 fully saturated rings. The molecule has 0 radical (unpaired) electrons. The highest BCUT2D eigenvalue weighted by molar-refractivity contribution is 7.13. The van der Waals surface area contributed by atoms with E-state index in [1.165, 1.54) is 11.1 Å². The number of fused-ring (bicyclic) bond motifs is 1. The van der Waals surface area contributed by atoms with E-state index in [0.29, 0.717) is 6.54 Å². The van der Waals surface area contributed by atoms with Crippen molar-refractivity contribution in [3.63, 3.8) is 0 Å². The Morgan fingerprint density at radius 2 is 2.15 bits per heavy atom. The highest BCUT2D eigenvalue weighted by atomic mass is 32.1. The largest absolute Gasteiger partial charge is 0.351 e. The monoisotopic (exact) mass is 366 g/mol. The van der Waals surface area contributed by atoms with Gasteiger partial charge in [-0.15, -0.1) is 11.3 Å². The number of thiophene rings is 1. The number of nitrogens with zero attached hydrogens (tertiary/aromatic N) is 2. The van der Waals surface area contributed by atoms with E-state index in [4.69, 9.17) is 0 Å².